The van der Waals surface area contributed by atoms with E-state index in [1.165, 1.54) is 27.7 Å². The van der Waals surface area contributed by atoms with Crippen LogP contribution in [0.25, 0.3) is 0 Å². The van der Waals surface area contributed by atoms with Crippen molar-refractivity contribution in [1.82, 2.24) is 0 Å². The van der Waals surface area contributed by atoms with E-state index in [4.69, 9.17) is 0 Å². The van der Waals surface area contributed by atoms with Gasteiger partial charge < -0.3 is 21.3 Å². The monoisotopic (exact) mass is 708 g/mol. The normalized spacial score (nSPS) is 9.31. The molecule has 4 amide bonds. The summed E-state index contributed by atoms with van der Waals surface area (Å²) in [6.45, 7) is 5.57. The first-order valence-electron chi connectivity index (χ1n) is 16.1. The average Bonchev–Trinajstić information content (AvgIpc) is 3.06. The number of carbonyl (C=O) groups is 8. The summed E-state index contributed by atoms with van der Waals surface area (Å²) >= 11 is 0. The predicted molar refractivity (Wildman–Crippen MR) is 201 cm³/mol. The summed E-state index contributed by atoms with van der Waals surface area (Å²) in [4.78, 5) is 86.7. The fourth-order valence-electron chi connectivity index (χ4n) is 3.81. The number of nitrogens with one attached hydrogen (secondary N) is 4. The molecule has 12 heteroatoms. The highest BCUT2D eigenvalue weighted by Crippen LogP contribution is 2.08. The van der Waals surface area contributed by atoms with Gasteiger partial charge in [-0.2, -0.15) is 0 Å². The summed E-state index contributed by atoms with van der Waals surface area (Å²) in [5.41, 5.74) is 2.87. The van der Waals surface area contributed by atoms with Gasteiger partial charge in [-0.15, -0.1) is 0 Å². The molecule has 0 aromatic heterocycles. The first kappa shape index (κ1) is 43.5. The van der Waals surface area contributed by atoms with Crippen LogP contribution in [-0.2, 0) is 38.4 Å². The molecule has 0 atom stereocenters. The molecular weight excluding hydrogens is 664 g/mol. The van der Waals surface area contributed by atoms with Gasteiger partial charge in [-0.05, 0) is 76.2 Å². The molecule has 0 saturated carbocycles. The Hall–Kier alpha value is -6.56. The number of anilines is 4. The van der Waals surface area contributed by atoms with E-state index in [0.717, 1.165) is 0 Å². The van der Waals surface area contributed by atoms with Crippen LogP contribution < -0.4 is 21.3 Å². The lowest BCUT2D eigenvalue weighted by Gasteiger charge is -2.01. The van der Waals surface area contributed by atoms with Crippen molar-refractivity contribution in [1.29, 1.82) is 0 Å². The topological polar surface area (TPSA) is 185 Å². The van der Waals surface area contributed by atoms with Gasteiger partial charge in [0.1, 0.15) is 23.1 Å². The van der Waals surface area contributed by atoms with Crippen LogP contribution in [-0.4, -0.2) is 46.8 Å². The van der Waals surface area contributed by atoms with Gasteiger partial charge in [0.25, 0.3) is 0 Å². The van der Waals surface area contributed by atoms with Crippen LogP contribution in [0, 0.1) is 0 Å². The minimum Gasteiger partial charge on any atom is -0.326 e. The third kappa shape index (κ3) is 23.7. The Labute approximate surface area is 303 Å². The fourth-order valence-corrected chi connectivity index (χ4v) is 3.81. The summed E-state index contributed by atoms with van der Waals surface area (Å²) in [5.74, 6) is -1.58. The maximum absolute atomic E-state index is 11.1. The van der Waals surface area contributed by atoms with Crippen molar-refractivity contribution in [3.05, 3.63) is 121 Å². The van der Waals surface area contributed by atoms with Crippen molar-refractivity contribution in [2.24, 2.45) is 0 Å². The van der Waals surface area contributed by atoms with Crippen LogP contribution >= 0.6 is 0 Å². The molecule has 4 aromatic rings. The van der Waals surface area contributed by atoms with Crippen LogP contribution in [0.15, 0.2) is 121 Å². The number of para-hydroxylation sites is 4. The first-order valence-corrected chi connectivity index (χ1v) is 16.1. The van der Waals surface area contributed by atoms with Crippen LogP contribution in [0.3, 0.4) is 0 Å². The lowest BCUT2D eigenvalue weighted by Crippen LogP contribution is -2.14. The van der Waals surface area contributed by atoms with Crippen molar-refractivity contribution in [2.75, 3.05) is 21.3 Å². The minimum atomic E-state index is -0.265. The molecule has 0 heterocycles. The molecule has 0 unspecified atom stereocenters. The zero-order chi connectivity index (χ0) is 38.7. The number of ketones is 4. The average molecular weight is 709 g/mol. The van der Waals surface area contributed by atoms with Crippen molar-refractivity contribution in [2.45, 2.75) is 53.4 Å². The van der Waals surface area contributed by atoms with Crippen LogP contribution in [0.2, 0.25) is 0 Å². The van der Waals surface area contributed by atoms with Gasteiger partial charge in [-0.1, -0.05) is 72.8 Å². The summed E-state index contributed by atoms with van der Waals surface area (Å²) in [6.07, 6.45) is -0.242. The highest BCUT2D eigenvalue weighted by atomic mass is 16.2. The predicted octanol–water partition coefficient (Wildman–Crippen LogP) is 6.42. The highest BCUT2D eigenvalue weighted by Gasteiger charge is 2.06. The molecule has 4 rings (SSSR count). The minimum absolute atomic E-state index is 0.0606. The van der Waals surface area contributed by atoms with Gasteiger partial charge in [0, 0.05) is 22.7 Å². The maximum atomic E-state index is 11.1. The van der Waals surface area contributed by atoms with Crippen molar-refractivity contribution < 1.29 is 38.4 Å². The van der Waals surface area contributed by atoms with Gasteiger partial charge in [0.15, 0.2) is 0 Å². The highest BCUT2D eigenvalue weighted by molar-refractivity contribution is 6.05. The van der Waals surface area contributed by atoms with Gasteiger partial charge in [0.2, 0.25) is 23.6 Å². The number of hydrogen-bond acceptors (Lipinski definition) is 8. The molecule has 0 aliphatic rings. The number of amides is 4. The Bertz CT molecular complexity index is 1490. The molecule has 0 radical (unpaired) electrons. The molecule has 0 aliphatic heterocycles. The molecule has 0 aliphatic carbocycles. The smallest absolute Gasteiger partial charge is 0.231 e. The number of hydrogen-bond donors (Lipinski definition) is 4. The summed E-state index contributed by atoms with van der Waals surface area (Å²) in [7, 11) is 0. The van der Waals surface area contributed by atoms with Gasteiger partial charge in [0.05, 0.1) is 25.7 Å². The SMILES string of the molecule is CC(=O)CC(=O)Nc1ccccc1.CC(=O)CC(=O)Nc1ccccc1.CC(=O)CC(=O)Nc1ccccc1.CC(=O)CC(=O)Nc1ccccc1. The van der Waals surface area contributed by atoms with Gasteiger partial charge in [-0.25, -0.2) is 0 Å². The molecule has 0 spiro atoms. The van der Waals surface area contributed by atoms with Crippen molar-refractivity contribution in [3.63, 3.8) is 0 Å². The zero-order valence-corrected chi connectivity index (χ0v) is 29.6. The molecule has 0 bridgehead atoms. The molecule has 4 aromatic carbocycles. The molecule has 52 heavy (non-hydrogen) atoms. The van der Waals surface area contributed by atoms with Crippen LogP contribution in [0.4, 0.5) is 22.7 Å². The van der Waals surface area contributed by atoms with E-state index >= 15 is 0 Å². The Balaban J connectivity index is 0.000000347. The molecule has 12 nitrogen and oxygen atoms in total. The number of carbonyl (C=O) groups excluding carboxylic acids is 8. The molecule has 272 valence electrons. The largest absolute Gasteiger partial charge is 0.326 e. The van der Waals surface area contributed by atoms with Crippen LogP contribution in [0.1, 0.15) is 53.4 Å². The molecule has 0 saturated heterocycles. The Kier molecular flexibility index (Phi) is 21.2. The summed E-state index contributed by atoms with van der Waals surface area (Å²) in [5, 5.41) is 10.5. The summed E-state index contributed by atoms with van der Waals surface area (Å²) < 4.78 is 0. The summed E-state index contributed by atoms with van der Waals surface area (Å²) in [6, 6.07) is 36.2. The lowest BCUT2D eigenvalue weighted by atomic mass is 10.2. The van der Waals surface area contributed by atoms with E-state index in [1.807, 2.05) is 72.8 Å². The van der Waals surface area contributed by atoms with E-state index in [-0.39, 0.29) is 72.4 Å². The van der Waals surface area contributed by atoms with Crippen LogP contribution in [0.5, 0.6) is 0 Å². The Morgan fingerprint density at radius 3 is 0.596 bits per heavy atom. The van der Waals surface area contributed by atoms with E-state index in [2.05, 4.69) is 21.3 Å². The van der Waals surface area contributed by atoms with E-state index < -0.39 is 0 Å². The number of rotatable bonds is 12. The van der Waals surface area contributed by atoms with Crippen molar-refractivity contribution >= 4 is 69.5 Å². The third-order valence-corrected chi connectivity index (χ3v) is 5.87. The second kappa shape index (κ2) is 25.4. The Morgan fingerprint density at radius 1 is 0.308 bits per heavy atom. The lowest BCUT2D eigenvalue weighted by molar-refractivity contribution is -0.125. The number of Topliss-reactive ketones (excluding diaryl/α,β-unsaturated/α-hetero) is 4. The second-order valence-corrected chi connectivity index (χ2v) is 11.2. The fraction of sp³-hybridized carbons (Fsp3) is 0.200. The molecular formula is C40H44N4O8. The standard InChI is InChI=1S/4C10H11NO2/c4*1-8(12)7-10(13)11-9-5-3-2-4-6-9/h4*2-6H,7H2,1H3,(H,11,13). The molecule has 0 fully saturated rings. The van der Waals surface area contributed by atoms with E-state index in [1.54, 1.807) is 48.5 Å². The van der Waals surface area contributed by atoms with Gasteiger partial charge >= 0.3 is 0 Å². The third-order valence-electron chi connectivity index (χ3n) is 5.87. The Morgan fingerprint density at radius 2 is 0.462 bits per heavy atom. The first-order chi connectivity index (χ1) is 24.7. The van der Waals surface area contributed by atoms with E-state index in [9.17, 15) is 38.4 Å². The maximum Gasteiger partial charge on any atom is 0.231 e. The van der Waals surface area contributed by atoms with Gasteiger partial charge in [-0.3, -0.25) is 38.4 Å². The zero-order valence-electron chi connectivity index (χ0n) is 29.6. The molecule has 4 N–H and O–H groups in total. The van der Waals surface area contributed by atoms with Crippen molar-refractivity contribution in [3.8, 4) is 0 Å². The van der Waals surface area contributed by atoms with E-state index in [0.29, 0.717) is 22.7 Å². The quantitative estimate of drug-likeness (QED) is 0.122. The second-order valence-electron chi connectivity index (χ2n) is 11.2. The number of benzene rings is 4.